The molecule has 1 aromatic rings. The second-order valence-electron chi connectivity index (χ2n) is 4.79. The minimum Gasteiger partial charge on any atom is -0.349 e. The maximum Gasteiger partial charge on any atom is 0.270 e. The number of hydrogen-bond acceptors (Lipinski definition) is 5. The van der Waals surface area contributed by atoms with E-state index in [4.69, 9.17) is 0 Å². The fourth-order valence-corrected chi connectivity index (χ4v) is 3.75. The summed E-state index contributed by atoms with van der Waals surface area (Å²) in [6, 6.07) is 5.51. The van der Waals surface area contributed by atoms with E-state index in [9.17, 15) is 23.3 Å². The Morgan fingerprint density at radius 3 is 2.81 bits per heavy atom. The molecular formula is C13H14N2O5S. The Hall–Kier alpha value is -2.22. The molecular weight excluding hydrogens is 296 g/mol. The first kappa shape index (κ1) is 15.2. The Labute approximate surface area is 121 Å². The molecule has 1 heterocycles. The highest BCUT2D eigenvalue weighted by Gasteiger charge is 2.28. The maximum atomic E-state index is 11.7. The summed E-state index contributed by atoms with van der Waals surface area (Å²) < 4.78 is 22.5. The number of nitrogens with one attached hydrogen (secondary N) is 1. The first-order chi connectivity index (χ1) is 9.85. The summed E-state index contributed by atoms with van der Waals surface area (Å²) in [4.78, 5) is 21.8. The fraction of sp³-hybridized carbons (Fsp3) is 0.308. The lowest BCUT2D eigenvalue weighted by molar-refractivity contribution is -0.384. The SMILES string of the molecule is O=C(/C=C/c1cccc([N+](=O)[O-])c1)NC1CCS(=O)(=O)C1. The van der Waals surface area contributed by atoms with E-state index in [1.807, 2.05) is 0 Å². The number of hydrogen-bond donors (Lipinski definition) is 1. The van der Waals surface area contributed by atoms with E-state index in [-0.39, 0.29) is 23.2 Å². The number of amides is 1. The molecule has 1 unspecified atom stereocenters. The standard InChI is InChI=1S/C13H14N2O5S/c16-13(14-11-6-7-21(19,20)9-11)5-4-10-2-1-3-12(8-10)15(17)18/h1-5,8,11H,6-7,9H2,(H,14,16)/b5-4+. The van der Waals surface area contributed by atoms with Crippen LogP contribution in [0.4, 0.5) is 5.69 Å². The Kier molecular flexibility index (Phi) is 4.37. The van der Waals surface area contributed by atoms with Gasteiger partial charge in [0.1, 0.15) is 0 Å². The van der Waals surface area contributed by atoms with Crippen LogP contribution in [0.15, 0.2) is 30.3 Å². The molecule has 0 radical (unpaired) electrons. The highest BCUT2D eigenvalue weighted by atomic mass is 32.2. The number of sulfone groups is 1. The molecule has 1 saturated heterocycles. The molecule has 1 aliphatic heterocycles. The van der Waals surface area contributed by atoms with Crippen LogP contribution in [-0.2, 0) is 14.6 Å². The van der Waals surface area contributed by atoms with E-state index in [1.165, 1.54) is 30.4 Å². The smallest absolute Gasteiger partial charge is 0.270 e. The zero-order chi connectivity index (χ0) is 15.5. The van der Waals surface area contributed by atoms with Crippen LogP contribution in [0.5, 0.6) is 0 Å². The first-order valence-corrected chi connectivity index (χ1v) is 8.11. The number of nitrogens with zero attached hydrogens (tertiary/aromatic N) is 1. The molecule has 7 nitrogen and oxygen atoms in total. The predicted molar refractivity (Wildman–Crippen MR) is 77.3 cm³/mol. The summed E-state index contributed by atoms with van der Waals surface area (Å²) in [5, 5.41) is 13.2. The van der Waals surface area contributed by atoms with Crippen molar-refractivity contribution < 1.29 is 18.1 Å². The molecule has 0 aromatic heterocycles. The van der Waals surface area contributed by atoms with Crippen LogP contribution in [0.1, 0.15) is 12.0 Å². The lowest BCUT2D eigenvalue weighted by atomic mass is 10.2. The normalized spacial score (nSPS) is 20.5. The van der Waals surface area contributed by atoms with Crippen molar-refractivity contribution in [3.8, 4) is 0 Å². The Bertz CT molecular complexity index is 696. The number of nitro benzene ring substituents is 1. The van der Waals surface area contributed by atoms with Gasteiger partial charge in [0, 0.05) is 24.3 Å². The van der Waals surface area contributed by atoms with Gasteiger partial charge >= 0.3 is 0 Å². The summed E-state index contributed by atoms with van der Waals surface area (Å²) in [6.07, 6.45) is 3.11. The van der Waals surface area contributed by atoms with Crippen molar-refractivity contribution in [1.29, 1.82) is 0 Å². The molecule has 2 rings (SSSR count). The molecule has 0 spiro atoms. The topological polar surface area (TPSA) is 106 Å². The molecule has 1 fully saturated rings. The molecule has 0 saturated carbocycles. The lowest BCUT2D eigenvalue weighted by Crippen LogP contribution is -2.34. The van der Waals surface area contributed by atoms with Crippen LogP contribution in [0.3, 0.4) is 0 Å². The third kappa shape index (κ3) is 4.38. The van der Waals surface area contributed by atoms with E-state index < -0.39 is 20.7 Å². The molecule has 0 bridgehead atoms. The van der Waals surface area contributed by atoms with Gasteiger partial charge in [-0.25, -0.2) is 8.42 Å². The van der Waals surface area contributed by atoms with E-state index in [0.29, 0.717) is 12.0 Å². The summed E-state index contributed by atoms with van der Waals surface area (Å²) in [5.74, 6) is -0.362. The zero-order valence-corrected chi connectivity index (χ0v) is 11.9. The third-order valence-electron chi connectivity index (χ3n) is 3.09. The van der Waals surface area contributed by atoms with Crippen molar-refractivity contribution in [2.45, 2.75) is 12.5 Å². The number of benzene rings is 1. The van der Waals surface area contributed by atoms with Gasteiger partial charge in [-0.2, -0.15) is 0 Å². The second-order valence-corrected chi connectivity index (χ2v) is 7.02. The van der Waals surface area contributed by atoms with Crippen molar-refractivity contribution in [2.75, 3.05) is 11.5 Å². The van der Waals surface area contributed by atoms with Crippen LogP contribution in [0.2, 0.25) is 0 Å². The number of non-ortho nitro benzene ring substituents is 1. The van der Waals surface area contributed by atoms with Crippen molar-refractivity contribution in [3.05, 3.63) is 46.0 Å². The Morgan fingerprint density at radius 1 is 1.43 bits per heavy atom. The van der Waals surface area contributed by atoms with E-state index >= 15 is 0 Å². The third-order valence-corrected chi connectivity index (χ3v) is 4.85. The molecule has 1 aliphatic rings. The number of carbonyl (C=O) groups is 1. The van der Waals surface area contributed by atoms with E-state index in [2.05, 4.69) is 5.32 Å². The quantitative estimate of drug-likeness (QED) is 0.505. The molecule has 8 heteroatoms. The van der Waals surface area contributed by atoms with Gasteiger partial charge in [0.25, 0.3) is 5.69 Å². The molecule has 21 heavy (non-hydrogen) atoms. The van der Waals surface area contributed by atoms with Gasteiger partial charge in [0.2, 0.25) is 5.91 Å². The van der Waals surface area contributed by atoms with Gasteiger partial charge in [0.05, 0.1) is 16.4 Å². The second kappa shape index (κ2) is 6.04. The first-order valence-electron chi connectivity index (χ1n) is 6.29. The van der Waals surface area contributed by atoms with Crippen LogP contribution in [-0.4, -0.2) is 36.8 Å². The molecule has 1 atom stereocenters. The minimum absolute atomic E-state index is 0.0383. The summed E-state index contributed by atoms with van der Waals surface area (Å²) in [7, 11) is -3.04. The highest BCUT2D eigenvalue weighted by Crippen LogP contribution is 2.14. The van der Waals surface area contributed by atoms with Crippen molar-refractivity contribution >= 4 is 27.5 Å². The number of rotatable bonds is 4. The van der Waals surface area contributed by atoms with E-state index in [0.717, 1.165) is 0 Å². The predicted octanol–water partition coefficient (Wildman–Crippen LogP) is 0.911. The van der Waals surface area contributed by atoms with Gasteiger partial charge in [-0.05, 0) is 18.1 Å². The van der Waals surface area contributed by atoms with Crippen molar-refractivity contribution in [1.82, 2.24) is 5.32 Å². The van der Waals surface area contributed by atoms with Gasteiger partial charge in [-0.3, -0.25) is 14.9 Å². The summed E-state index contributed by atoms with van der Waals surface area (Å²) >= 11 is 0. The van der Waals surface area contributed by atoms with Crippen molar-refractivity contribution in [2.24, 2.45) is 0 Å². The summed E-state index contributed by atoms with van der Waals surface area (Å²) in [6.45, 7) is 0. The number of carbonyl (C=O) groups excluding carboxylic acids is 1. The van der Waals surface area contributed by atoms with E-state index in [1.54, 1.807) is 6.07 Å². The molecule has 1 amide bonds. The van der Waals surface area contributed by atoms with Crippen molar-refractivity contribution in [3.63, 3.8) is 0 Å². The number of nitro groups is 1. The summed E-state index contributed by atoms with van der Waals surface area (Å²) in [5.41, 5.74) is 0.470. The average molecular weight is 310 g/mol. The largest absolute Gasteiger partial charge is 0.349 e. The Balaban J connectivity index is 1.96. The van der Waals surface area contributed by atoms with Crippen LogP contribution in [0, 0.1) is 10.1 Å². The highest BCUT2D eigenvalue weighted by molar-refractivity contribution is 7.91. The lowest BCUT2D eigenvalue weighted by Gasteiger charge is -2.07. The minimum atomic E-state index is -3.04. The average Bonchev–Trinajstić information content (AvgIpc) is 2.76. The zero-order valence-electron chi connectivity index (χ0n) is 11.1. The van der Waals surface area contributed by atoms with Crippen LogP contribution in [0.25, 0.3) is 6.08 Å². The molecule has 0 aliphatic carbocycles. The van der Waals surface area contributed by atoms with Gasteiger partial charge < -0.3 is 5.32 Å². The maximum absolute atomic E-state index is 11.7. The van der Waals surface area contributed by atoms with Crippen LogP contribution < -0.4 is 5.32 Å². The van der Waals surface area contributed by atoms with Gasteiger partial charge in [-0.15, -0.1) is 0 Å². The Morgan fingerprint density at radius 2 is 2.19 bits per heavy atom. The van der Waals surface area contributed by atoms with Gasteiger partial charge in [-0.1, -0.05) is 12.1 Å². The monoisotopic (exact) mass is 310 g/mol. The van der Waals surface area contributed by atoms with Crippen LogP contribution >= 0.6 is 0 Å². The molecule has 1 N–H and O–H groups in total. The molecule has 1 aromatic carbocycles. The molecule has 112 valence electrons. The van der Waals surface area contributed by atoms with Gasteiger partial charge in [0.15, 0.2) is 9.84 Å². The fourth-order valence-electron chi connectivity index (χ4n) is 2.07.